The second-order valence-electron chi connectivity index (χ2n) is 4.21. The molecule has 0 aliphatic heterocycles. The van der Waals surface area contributed by atoms with Gasteiger partial charge in [0, 0.05) is 0 Å². The Bertz CT molecular complexity index is 686. The monoisotopic (exact) mass is 479 g/mol. The molecule has 0 aromatic heterocycles. The number of rotatable bonds is 4. The van der Waals surface area contributed by atoms with Crippen molar-refractivity contribution < 1.29 is 19.9 Å². The summed E-state index contributed by atoms with van der Waals surface area (Å²) < 4.78 is 0.841. The van der Waals surface area contributed by atoms with Gasteiger partial charge in [0.1, 0.15) is 0 Å². The zero-order valence-corrected chi connectivity index (χ0v) is 14.6. The summed E-state index contributed by atoms with van der Waals surface area (Å²) in [6.45, 7) is 0. The molecule has 1 amide bonds. The van der Waals surface area contributed by atoms with Crippen molar-refractivity contribution in [2.24, 2.45) is 0 Å². The van der Waals surface area contributed by atoms with Crippen LogP contribution < -0.4 is 13.9 Å². The number of benzene rings is 2. The van der Waals surface area contributed by atoms with Crippen molar-refractivity contribution in [3.63, 3.8) is 0 Å². The molecule has 2 rings (SSSR count). The van der Waals surface area contributed by atoms with Crippen molar-refractivity contribution in [3.8, 4) is 0 Å². The van der Waals surface area contributed by atoms with Crippen LogP contribution in [0.2, 0.25) is 0 Å². The third-order valence-corrected chi connectivity index (χ3v) is 4.39. The molecule has 4 N–H and O–H groups in total. The van der Waals surface area contributed by atoms with Gasteiger partial charge in [-0.15, -0.1) is 0 Å². The topological polar surface area (TPSA) is 98.7 Å². The number of aromatic carboxylic acids is 1. The SMILES string of the molecule is O=C(O)c1ccc(Nc2ccc(C(=O)NO)[c]([Pb])c2)cc1. The standard InChI is InChI=1S/C14H11N2O4.Pb/c17-13(16-20)9-1-5-11(6-2-9)15-12-7-3-10(4-8-12)14(18)19;/h1,3-8,15,20H,(H,16,17)(H,18,19);. The van der Waals surface area contributed by atoms with E-state index in [1.54, 1.807) is 29.7 Å². The van der Waals surface area contributed by atoms with Gasteiger partial charge < -0.3 is 0 Å². The molecule has 0 fully saturated rings. The Morgan fingerprint density at radius 3 is 2.14 bits per heavy atom. The van der Waals surface area contributed by atoms with Gasteiger partial charge in [0.2, 0.25) is 0 Å². The first-order valence-corrected chi connectivity index (χ1v) is 7.86. The van der Waals surface area contributed by atoms with Gasteiger partial charge in [-0.1, -0.05) is 0 Å². The Morgan fingerprint density at radius 2 is 1.62 bits per heavy atom. The van der Waals surface area contributed by atoms with Crippen molar-refractivity contribution in [2.45, 2.75) is 0 Å². The van der Waals surface area contributed by atoms with E-state index < -0.39 is 11.9 Å². The molecule has 2 aromatic carbocycles. The first-order chi connectivity index (χ1) is 10.0. The second-order valence-corrected chi connectivity index (χ2v) is 6.30. The van der Waals surface area contributed by atoms with Gasteiger partial charge >= 0.3 is 136 Å². The summed E-state index contributed by atoms with van der Waals surface area (Å²) in [6.07, 6.45) is 0. The fourth-order valence-corrected chi connectivity index (χ4v) is 3.11. The fraction of sp³-hybridized carbons (Fsp3) is 0. The first kappa shape index (κ1) is 15.5. The summed E-state index contributed by atoms with van der Waals surface area (Å²) in [7, 11) is 0. The molecule has 0 atom stereocenters. The van der Waals surface area contributed by atoms with Crippen molar-refractivity contribution in [1.82, 2.24) is 5.48 Å². The van der Waals surface area contributed by atoms with Crippen molar-refractivity contribution in [3.05, 3.63) is 53.6 Å². The van der Waals surface area contributed by atoms with Gasteiger partial charge in [-0.3, -0.25) is 0 Å². The molecule has 0 saturated carbocycles. The third-order valence-electron chi connectivity index (χ3n) is 2.79. The van der Waals surface area contributed by atoms with E-state index in [-0.39, 0.29) is 5.56 Å². The molecule has 0 bridgehead atoms. The summed E-state index contributed by atoms with van der Waals surface area (Å²) >= 11 is 0.650. The van der Waals surface area contributed by atoms with Crippen LogP contribution in [0.25, 0.3) is 0 Å². The third kappa shape index (κ3) is 3.79. The van der Waals surface area contributed by atoms with E-state index in [0.717, 1.165) is 14.5 Å². The summed E-state index contributed by atoms with van der Waals surface area (Å²) in [5.74, 6) is -1.50. The number of amides is 1. The van der Waals surface area contributed by atoms with Crippen LogP contribution in [0.1, 0.15) is 20.7 Å². The minimum atomic E-state index is -0.970. The Hall–Kier alpha value is -1.94. The van der Waals surface area contributed by atoms with E-state index >= 15 is 0 Å². The Balaban J connectivity index is 2.18. The van der Waals surface area contributed by atoms with Crippen LogP contribution in [0, 0.1) is 0 Å². The van der Waals surface area contributed by atoms with Crippen molar-refractivity contribution in [1.29, 1.82) is 0 Å². The molecule has 0 unspecified atom stereocenters. The Kier molecular flexibility index (Phi) is 4.91. The van der Waals surface area contributed by atoms with Gasteiger partial charge in [0.25, 0.3) is 0 Å². The number of hydroxylamine groups is 1. The molecule has 0 spiro atoms. The molecular weight excluding hydrogens is 467 g/mol. The van der Waals surface area contributed by atoms with Crippen LogP contribution in [0.15, 0.2) is 42.5 Å². The minimum absolute atomic E-state index is 0.221. The van der Waals surface area contributed by atoms with Crippen molar-refractivity contribution in [2.75, 3.05) is 5.32 Å². The van der Waals surface area contributed by atoms with Gasteiger partial charge in [-0.2, -0.15) is 0 Å². The molecule has 21 heavy (non-hydrogen) atoms. The number of hydrogen-bond donors (Lipinski definition) is 4. The molecule has 3 radical (unpaired) electrons. The maximum atomic E-state index is 11.4. The molecule has 0 saturated heterocycles. The number of carboxylic acid groups (broad SMARTS) is 1. The van der Waals surface area contributed by atoms with Crippen LogP contribution in [-0.4, -0.2) is 48.0 Å². The predicted molar refractivity (Wildman–Crippen MR) is 77.8 cm³/mol. The summed E-state index contributed by atoms with van der Waals surface area (Å²) in [5, 5.41) is 20.6. The van der Waals surface area contributed by atoms with E-state index in [4.69, 9.17) is 10.3 Å². The average molecular weight is 478 g/mol. The van der Waals surface area contributed by atoms with Gasteiger partial charge in [0.05, 0.1) is 0 Å². The summed E-state index contributed by atoms with van der Waals surface area (Å²) in [6, 6.07) is 11.5. The molecule has 0 aliphatic rings. The molecule has 0 aliphatic carbocycles. The number of nitrogens with one attached hydrogen (secondary N) is 2. The van der Waals surface area contributed by atoms with Crippen LogP contribution in [0.4, 0.5) is 11.4 Å². The predicted octanol–water partition coefficient (Wildman–Crippen LogP) is 1.04. The van der Waals surface area contributed by atoms with Crippen LogP contribution in [-0.2, 0) is 0 Å². The van der Waals surface area contributed by atoms with E-state index in [0.29, 0.717) is 31.3 Å². The number of hydrogen-bond acceptors (Lipinski definition) is 4. The summed E-state index contributed by atoms with van der Waals surface area (Å²) in [4.78, 5) is 22.2. The van der Waals surface area contributed by atoms with E-state index in [1.807, 2.05) is 6.07 Å². The normalized spacial score (nSPS) is 10.0. The van der Waals surface area contributed by atoms with Crippen LogP contribution >= 0.6 is 0 Å². The molecule has 6 nitrogen and oxygen atoms in total. The fourth-order valence-electron chi connectivity index (χ4n) is 1.74. The number of anilines is 2. The number of carboxylic acids is 1. The van der Waals surface area contributed by atoms with E-state index in [1.165, 1.54) is 12.1 Å². The summed E-state index contributed by atoms with van der Waals surface area (Å²) in [5.41, 5.74) is 3.82. The zero-order chi connectivity index (χ0) is 15.4. The van der Waals surface area contributed by atoms with Gasteiger partial charge in [-0.25, -0.2) is 0 Å². The molecule has 0 heterocycles. The van der Waals surface area contributed by atoms with Crippen LogP contribution in [0.3, 0.4) is 0 Å². The Labute approximate surface area is 136 Å². The number of carbonyl (C=O) groups is 2. The van der Waals surface area contributed by atoms with Gasteiger partial charge in [-0.05, 0) is 0 Å². The molecule has 105 valence electrons. The second kappa shape index (κ2) is 6.68. The quantitative estimate of drug-likeness (QED) is 0.299. The Morgan fingerprint density at radius 1 is 1.00 bits per heavy atom. The molecular formula is C14H11N2O4Pb. The van der Waals surface area contributed by atoms with Crippen LogP contribution in [0.5, 0.6) is 0 Å². The van der Waals surface area contributed by atoms with E-state index in [9.17, 15) is 9.59 Å². The number of carbonyl (C=O) groups excluding carboxylic acids is 1. The zero-order valence-electron chi connectivity index (χ0n) is 10.8. The average Bonchev–Trinajstić information content (AvgIpc) is 2.47. The molecule has 2 aromatic rings. The van der Waals surface area contributed by atoms with Gasteiger partial charge in [0.15, 0.2) is 0 Å². The molecule has 7 heteroatoms. The van der Waals surface area contributed by atoms with E-state index in [2.05, 4.69) is 5.32 Å². The first-order valence-electron chi connectivity index (χ1n) is 5.91. The van der Waals surface area contributed by atoms with Crippen molar-refractivity contribution >= 4 is 52.1 Å². The maximum absolute atomic E-state index is 11.4.